The number of esters is 1. The van der Waals surface area contributed by atoms with Gasteiger partial charge in [0, 0.05) is 12.0 Å². The minimum absolute atomic E-state index is 0.0355. The molecule has 2 saturated carbocycles. The molecule has 1 aromatic heterocycles. The Morgan fingerprint density at radius 3 is 2.63 bits per heavy atom. The molecule has 2 aromatic rings. The zero-order chi connectivity index (χ0) is 30.3. The lowest BCUT2D eigenvalue weighted by molar-refractivity contribution is -0.157. The van der Waals surface area contributed by atoms with Gasteiger partial charge in [0.1, 0.15) is 29.7 Å². The number of rotatable bonds is 3. The Morgan fingerprint density at radius 1 is 1.09 bits per heavy atom. The first-order chi connectivity index (χ1) is 20.7. The van der Waals surface area contributed by atoms with Crippen molar-refractivity contribution in [2.45, 2.75) is 89.9 Å². The molecule has 0 spiro atoms. The highest BCUT2D eigenvalue weighted by Crippen LogP contribution is 2.48. The summed E-state index contributed by atoms with van der Waals surface area (Å²) in [6.45, 7) is 3.92. The fourth-order valence-corrected chi connectivity index (χ4v) is 7.30. The van der Waals surface area contributed by atoms with Crippen molar-refractivity contribution >= 4 is 35.0 Å². The molecule has 6 rings (SSSR count). The van der Waals surface area contributed by atoms with E-state index in [1.165, 1.54) is 4.90 Å². The number of carboxylic acids is 1. The van der Waals surface area contributed by atoms with Gasteiger partial charge in [0.15, 0.2) is 0 Å². The van der Waals surface area contributed by atoms with Gasteiger partial charge in [-0.15, -0.1) is 0 Å². The van der Waals surface area contributed by atoms with Crippen LogP contribution in [0.1, 0.15) is 77.3 Å². The van der Waals surface area contributed by atoms with Crippen LogP contribution >= 0.6 is 0 Å². The van der Waals surface area contributed by atoms with Crippen LogP contribution in [-0.2, 0) is 19.1 Å². The molecule has 2 aliphatic heterocycles. The van der Waals surface area contributed by atoms with Gasteiger partial charge in [-0.05, 0) is 68.1 Å². The van der Waals surface area contributed by atoms with Crippen molar-refractivity contribution in [1.29, 1.82) is 0 Å². The Bertz CT molecular complexity index is 1440. The summed E-state index contributed by atoms with van der Waals surface area (Å²) in [6.07, 6.45) is 10.3. The third-order valence-corrected chi connectivity index (χ3v) is 10.1. The Labute approximate surface area is 251 Å². The number of benzene rings is 1. The van der Waals surface area contributed by atoms with E-state index in [2.05, 4.69) is 6.92 Å². The molecule has 10 nitrogen and oxygen atoms in total. The molecule has 1 N–H and O–H groups in total. The normalized spacial score (nSPS) is 31.7. The molecule has 1 saturated heterocycles. The van der Waals surface area contributed by atoms with Crippen molar-refractivity contribution in [3.8, 4) is 11.6 Å². The van der Waals surface area contributed by atoms with E-state index in [1.54, 1.807) is 20.1 Å². The fourth-order valence-electron chi connectivity index (χ4n) is 7.30. The number of allylic oxidation sites excluding steroid dienone is 1. The minimum Gasteiger partial charge on any atom is -0.497 e. The highest BCUT2D eigenvalue weighted by Gasteiger charge is 2.52. The van der Waals surface area contributed by atoms with Crippen LogP contribution < -0.4 is 9.47 Å². The van der Waals surface area contributed by atoms with Crippen LogP contribution in [0.4, 0.5) is 0 Å². The van der Waals surface area contributed by atoms with Gasteiger partial charge in [-0.3, -0.25) is 9.59 Å². The number of aliphatic carboxylic acids is 1. The molecule has 6 atom stereocenters. The summed E-state index contributed by atoms with van der Waals surface area (Å²) in [5, 5.41) is 10.3. The smallest absolute Gasteiger partial charge is 0.326 e. The number of aromatic nitrogens is 2. The number of carbonyl (C=O) groups excluding carboxylic acids is 2. The fraction of sp³-hybridized carbons (Fsp3) is 0.606. The molecule has 1 aromatic carbocycles. The lowest BCUT2D eigenvalue weighted by Gasteiger charge is -2.36. The van der Waals surface area contributed by atoms with Crippen LogP contribution in [0, 0.1) is 23.2 Å². The maximum atomic E-state index is 14.3. The van der Waals surface area contributed by atoms with Gasteiger partial charge in [0.2, 0.25) is 11.8 Å². The summed E-state index contributed by atoms with van der Waals surface area (Å²) < 4.78 is 17.7. The number of ether oxygens (including phenoxy) is 3. The number of hydrogen-bond donors (Lipinski definition) is 1. The molecule has 10 heteroatoms. The number of methoxy groups -OCH3 is 1. The number of amides is 1. The maximum absolute atomic E-state index is 14.3. The van der Waals surface area contributed by atoms with E-state index in [0.29, 0.717) is 34.3 Å². The second kappa shape index (κ2) is 11.8. The first kappa shape index (κ1) is 29.4. The van der Waals surface area contributed by atoms with Gasteiger partial charge < -0.3 is 24.2 Å². The SMILES string of the molecule is COc1ccc2nc3c(nc2c1)O[C@H]1CN(C(=O)[C@H](C2(C)CCCC2)CC(=O)O[C@@H]2C[C@H]2CCC/C=C/3)[C@H](C(=O)O)[C@@H]1C. The van der Waals surface area contributed by atoms with Crippen molar-refractivity contribution in [3.05, 3.63) is 30.0 Å². The van der Waals surface area contributed by atoms with E-state index in [9.17, 15) is 19.5 Å². The lowest BCUT2D eigenvalue weighted by atomic mass is 9.73. The quantitative estimate of drug-likeness (QED) is 0.489. The Hall–Kier alpha value is -3.69. The Morgan fingerprint density at radius 2 is 1.88 bits per heavy atom. The van der Waals surface area contributed by atoms with Crippen molar-refractivity contribution in [3.63, 3.8) is 0 Å². The van der Waals surface area contributed by atoms with Crippen LogP contribution in [0.15, 0.2) is 24.3 Å². The average Bonchev–Trinajstić information content (AvgIpc) is 3.39. The predicted octanol–water partition coefficient (Wildman–Crippen LogP) is 5.03. The second-order valence-corrected chi connectivity index (χ2v) is 13.0. The van der Waals surface area contributed by atoms with Gasteiger partial charge in [0.05, 0.1) is 37.0 Å². The molecule has 3 fully saturated rings. The summed E-state index contributed by atoms with van der Waals surface area (Å²) >= 11 is 0. The second-order valence-electron chi connectivity index (χ2n) is 13.0. The molecular formula is C33H41N3O7. The largest absolute Gasteiger partial charge is 0.497 e. The van der Waals surface area contributed by atoms with Gasteiger partial charge in [0.25, 0.3) is 0 Å². The molecule has 4 aliphatic rings. The first-order valence-electron chi connectivity index (χ1n) is 15.6. The lowest BCUT2D eigenvalue weighted by Crippen LogP contribution is -2.49. The molecule has 1 amide bonds. The van der Waals surface area contributed by atoms with Crippen LogP contribution in [0.2, 0.25) is 0 Å². The maximum Gasteiger partial charge on any atom is 0.326 e. The van der Waals surface area contributed by atoms with E-state index < -0.39 is 35.4 Å². The monoisotopic (exact) mass is 591 g/mol. The van der Waals surface area contributed by atoms with Crippen LogP contribution in [-0.4, -0.2) is 69.7 Å². The highest BCUT2D eigenvalue weighted by atomic mass is 16.5. The topological polar surface area (TPSA) is 128 Å². The summed E-state index contributed by atoms with van der Waals surface area (Å²) in [5.41, 5.74) is 1.43. The van der Waals surface area contributed by atoms with Gasteiger partial charge >= 0.3 is 11.9 Å². The summed E-state index contributed by atoms with van der Waals surface area (Å²) in [4.78, 5) is 51.2. The molecule has 3 heterocycles. The van der Waals surface area contributed by atoms with Crippen molar-refractivity contribution in [2.24, 2.45) is 23.2 Å². The van der Waals surface area contributed by atoms with Crippen molar-refractivity contribution in [2.75, 3.05) is 13.7 Å². The van der Waals surface area contributed by atoms with E-state index in [-0.39, 0.29) is 30.9 Å². The summed E-state index contributed by atoms with van der Waals surface area (Å²) in [7, 11) is 1.59. The number of carbonyl (C=O) groups is 3. The van der Waals surface area contributed by atoms with E-state index in [4.69, 9.17) is 24.2 Å². The van der Waals surface area contributed by atoms with Crippen LogP contribution in [0.5, 0.6) is 11.6 Å². The average molecular weight is 592 g/mol. The molecule has 43 heavy (non-hydrogen) atoms. The zero-order valence-electron chi connectivity index (χ0n) is 25.2. The van der Waals surface area contributed by atoms with Gasteiger partial charge in [-0.1, -0.05) is 32.8 Å². The number of fused-ring (bicyclic) bond motifs is 5. The van der Waals surface area contributed by atoms with Crippen molar-refractivity contribution in [1.82, 2.24) is 14.9 Å². The van der Waals surface area contributed by atoms with Gasteiger partial charge in [-0.2, -0.15) is 0 Å². The highest BCUT2D eigenvalue weighted by molar-refractivity contribution is 5.89. The molecule has 2 aliphatic carbocycles. The summed E-state index contributed by atoms with van der Waals surface area (Å²) in [6, 6.07) is 4.36. The Kier molecular flexibility index (Phi) is 8.04. The first-order valence-corrected chi connectivity index (χ1v) is 15.6. The molecule has 2 bridgehead atoms. The molecule has 0 radical (unpaired) electrons. The number of hydrogen-bond acceptors (Lipinski definition) is 8. The Balaban J connectivity index is 1.38. The number of nitrogens with zero attached hydrogens (tertiary/aromatic N) is 3. The molecular weight excluding hydrogens is 550 g/mol. The molecule has 0 unspecified atom stereocenters. The predicted molar refractivity (Wildman–Crippen MR) is 158 cm³/mol. The van der Waals surface area contributed by atoms with Crippen molar-refractivity contribution < 1.29 is 33.7 Å². The van der Waals surface area contributed by atoms with E-state index in [1.807, 2.05) is 24.3 Å². The minimum atomic E-state index is -1.09. The van der Waals surface area contributed by atoms with E-state index in [0.717, 1.165) is 51.4 Å². The van der Waals surface area contributed by atoms with E-state index >= 15 is 0 Å². The number of carboxylic acid groups (broad SMARTS) is 1. The zero-order valence-corrected chi connectivity index (χ0v) is 25.2. The standard InChI is InChI=1S/C33H41N3O7/c1-19-27-18-36(29(19)32(39)40)31(38)22(33(2)13-7-8-14-33)17-28(37)42-26-15-20(26)9-5-4-6-10-24-30(43-27)35-25-16-21(41-3)11-12-23(25)34-24/h6,10-12,16,19-20,22,26-27,29H,4-5,7-9,13-15,17-18H2,1-3H3,(H,39,40)/b10-6+/t19-,20-,22-,26-,27+,29+/m1/s1. The third kappa shape index (κ3) is 5.93. The van der Waals surface area contributed by atoms with Crippen LogP contribution in [0.3, 0.4) is 0 Å². The molecule has 230 valence electrons. The third-order valence-electron chi connectivity index (χ3n) is 10.1. The van der Waals surface area contributed by atoms with Crippen LogP contribution in [0.25, 0.3) is 17.1 Å². The van der Waals surface area contributed by atoms with Gasteiger partial charge in [-0.25, -0.2) is 14.8 Å². The summed E-state index contributed by atoms with van der Waals surface area (Å²) in [5.74, 6) is -1.69.